The molecule has 6 rings (SSSR count). The number of ether oxygens (including phenoxy) is 2. The fourth-order valence-corrected chi connectivity index (χ4v) is 4.41. The monoisotopic (exact) mass is 407 g/mol. The standard InChI is InChI=1S/C21H21N5O4/c1-21(11-27)7-12-5-14(15(6-17(12)30-21)25-9-18-16(25)10-29-18)24-20(28)13-8-23-26-4-2-3-22-19(13)26/h2-6,8,16,18,27H,7,9-11H2,1H3,(H,24,28)/t16?,18?,21-/m0/s1. The number of carbonyl (C=O) groups excluding carboxylic acids is 1. The van der Waals surface area contributed by atoms with Crippen LogP contribution in [-0.2, 0) is 11.2 Å². The Bertz CT molecular complexity index is 1180. The number of amides is 1. The van der Waals surface area contributed by atoms with Gasteiger partial charge in [0, 0.05) is 37.0 Å². The molecule has 1 amide bonds. The Kier molecular flexibility index (Phi) is 3.63. The summed E-state index contributed by atoms with van der Waals surface area (Å²) in [5.41, 5.74) is 2.84. The average molecular weight is 407 g/mol. The van der Waals surface area contributed by atoms with Crippen molar-refractivity contribution < 1.29 is 19.4 Å². The molecule has 9 nitrogen and oxygen atoms in total. The highest BCUT2D eigenvalue weighted by atomic mass is 16.5. The third kappa shape index (κ3) is 2.52. The molecule has 3 atom stereocenters. The first-order chi connectivity index (χ1) is 14.5. The number of aliphatic hydroxyl groups excluding tert-OH is 1. The van der Waals surface area contributed by atoms with Gasteiger partial charge in [-0.05, 0) is 19.1 Å². The fraction of sp³-hybridized carbons (Fsp3) is 0.381. The highest BCUT2D eigenvalue weighted by Gasteiger charge is 2.48. The van der Waals surface area contributed by atoms with Crippen LogP contribution in [0, 0.1) is 0 Å². The molecule has 2 N–H and O–H groups in total. The van der Waals surface area contributed by atoms with Gasteiger partial charge in [0.25, 0.3) is 5.91 Å². The third-order valence-corrected chi connectivity index (χ3v) is 6.20. The van der Waals surface area contributed by atoms with Gasteiger partial charge in [0.15, 0.2) is 5.65 Å². The van der Waals surface area contributed by atoms with Gasteiger partial charge in [-0.15, -0.1) is 0 Å². The van der Waals surface area contributed by atoms with Crippen LogP contribution in [0.1, 0.15) is 22.8 Å². The molecular weight excluding hydrogens is 386 g/mol. The Balaban J connectivity index is 1.37. The minimum atomic E-state index is -0.647. The molecule has 3 aromatic rings. The van der Waals surface area contributed by atoms with Crippen molar-refractivity contribution in [3.05, 3.63) is 47.9 Å². The lowest BCUT2D eigenvalue weighted by molar-refractivity contribution is -0.113. The lowest BCUT2D eigenvalue weighted by atomic mass is 9.92. The van der Waals surface area contributed by atoms with Crippen molar-refractivity contribution >= 4 is 22.9 Å². The van der Waals surface area contributed by atoms with E-state index in [0.717, 1.165) is 23.5 Å². The molecule has 30 heavy (non-hydrogen) atoms. The smallest absolute Gasteiger partial charge is 0.261 e. The number of nitrogens with zero attached hydrogens (tertiary/aromatic N) is 4. The topological polar surface area (TPSA) is 101 Å². The summed E-state index contributed by atoms with van der Waals surface area (Å²) in [6.45, 7) is 3.27. The van der Waals surface area contributed by atoms with Crippen molar-refractivity contribution in [2.45, 2.75) is 31.1 Å². The van der Waals surface area contributed by atoms with Crippen LogP contribution in [0.2, 0.25) is 0 Å². The van der Waals surface area contributed by atoms with Crippen LogP contribution in [0.3, 0.4) is 0 Å². The van der Waals surface area contributed by atoms with E-state index < -0.39 is 5.60 Å². The Morgan fingerprint density at radius 2 is 2.33 bits per heavy atom. The van der Waals surface area contributed by atoms with E-state index >= 15 is 0 Å². The number of hydrogen-bond acceptors (Lipinski definition) is 7. The zero-order valence-electron chi connectivity index (χ0n) is 16.4. The van der Waals surface area contributed by atoms with Crippen LogP contribution in [0.15, 0.2) is 36.8 Å². The Morgan fingerprint density at radius 3 is 3.07 bits per heavy atom. The second-order valence-corrected chi connectivity index (χ2v) is 8.36. The van der Waals surface area contributed by atoms with E-state index in [0.29, 0.717) is 36.0 Å². The van der Waals surface area contributed by atoms with Gasteiger partial charge in [-0.25, -0.2) is 9.50 Å². The van der Waals surface area contributed by atoms with Gasteiger partial charge in [0.2, 0.25) is 0 Å². The second-order valence-electron chi connectivity index (χ2n) is 8.36. The Hall–Kier alpha value is -3.17. The van der Waals surface area contributed by atoms with E-state index in [1.165, 1.54) is 6.20 Å². The summed E-state index contributed by atoms with van der Waals surface area (Å²) in [6.07, 6.45) is 5.75. The third-order valence-electron chi connectivity index (χ3n) is 6.20. The molecule has 154 valence electrons. The predicted octanol–water partition coefficient (Wildman–Crippen LogP) is 1.25. The van der Waals surface area contributed by atoms with Gasteiger partial charge < -0.3 is 24.8 Å². The normalized spacial score (nSPS) is 26.4. The molecule has 0 saturated carbocycles. The molecule has 0 radical (unpaired) electrons. The first-order valence-corrected chi connectivity index (χ1v) is 9.99. The van der Waals surface area contributed by atoms with Gasteiger partial charge >= 0.3 is 0 Å². The molecule has 3 aliphatic rings. The lowest BCUT2D eigenvalue weighted by Gasteiger charge is -2.56. The van der Waals surface area contributed by atoms with Gasteiger partial charge in [0.1, 0.15) is 16.9 Å². The number of morpholine rings is 1. The van der Waals surface area contributed by atoms with Crippen LogP contribution in [0.4, 0.5) is 11.4 Å². The summed E-state index contributed by atoms with van der Waals surface area (Å²) in [4.78, 5) is 19.6. The van der Waals surface area contributed by atoms with Crippen LogP contribution in [0.5, 0.6) is 5.75 Å². The summed E-state index contributed by atoms with van der Waals surface area (Å²) < 4.78 is 13.1. The van der Waals surface area contributed by atoms with E-state index in [9.17, 15) is 9.90 Å². The number of hydrogen-bond donors (Lipinski definition) is 2. The molecule has 3 aliphatic heterocycles. The summed E-state index contributed by atoms with van der Waals surface area (Å²) >= 11 is 0. The molecule has 0 spiro atoms. The van der Waals surface area contributed by atoms with Crippen molar-refractivity contribution in [3.63, 3.8) is 0 Å². The minimum absolute atomic E-state index is 0.0744. The molecule has 2 unspecified atom stereocenters. The largest absolute Gasteiger partial charge is 0.484 e. The van der Waals surface area contributed by atoms with Crippen molar-refractivity contribution in [2.24, 2.45) is 0 Å². The average Bonchev–Trinajstić information content (AvgIpc) is 3.30. The van der Waals surface area contributed by atoms with Crippen LogP contribution < -0.4 is 15.0 Å². The molecule has 0 aliphatic carbocycles. The maximum absolute atomic E-state index is 13.1. The van der Waals surface area contributed by atoms with Crippen LogP contribution in [0.25, 0.3) is 5.65 Å². The first-order valence-electron chi connectivity index (χ1n) is 9.99. The van der Waals surface area contributed by atoms with E-state index in [1.54, 1.807) is 23.0 Å². The van der Waals surface area contributed by atoms with Crippen molar-refractivity contribution in [2.75, 3.05) is 30.0 Å². The Morgan fingerprint density at radius 1 is 1.43 bits per heavy atom. The SMILES string of the molecule is C[C@@]1(CO)Cc2cc(NC(=O)c3cnn4cccnc34)c(N3CC4OCC43)cc2O1. The van der Waals surface area contributed by atoms with Gasteiger partial charge in [-0.1, -0.05) is 0 Å². The fourth-order valence-electron chi connectivity index (χ4n) is 4.41. The first kappa shape index (κ1) is 17.7. The van der Waals surface area contributed by atoms with Crippen LogP contribution >= 0.6 is 0 Å². The summed E-state index contributed by atoms with van der Waals surface area (Å²) in [5, 5.41) is 17.0. The van der Waals surface area contributed by atoms with Crippen molar-refractivity contribution in [1.29, 1.82) is 0 Å². The molecule has 5 heterocycles. The molecule has 9 heteroatoms. The van der Waals surface area contributed by atoms with E-state index in [4.69, 9.17) is 9.47 Å². The number of anilines is 2. The number of carbonyl (C=O) groups is 1. The predicted molar refractivity (Wildman–Crippen MR) is 108 cm³/mol. The Labute approximate surface area is 172 Å². The minimum Gasteiger partial charge on any atom is -0.484 e. The van der Waals surface area contributed by atoms with E-state index in [1.807, 2.05) is 19.1 Å². The molecule has 1 aromatic carbocycles. The van der Waals surface area contributed by atoms with Gasteiger partial charge in [-0.3, -0.25) is 4.79 Å². The second kappa shape index (κ2) is 6.16. The molecular formula is C21H21N5O4. The van der Waals surface area contributed by atoms with E-state index in [-0.39, 0.29) is 18.6 Å². The van der Waals surface area contributed by atoms with Crippen molar-refractivity contribution in [1.82, 2.24) is 14.6 Å². The zero-order valence-corrected chi connectivity index (χ0v) is 16.4. The molecule has 2 aromatic heterocycles. The number of aromatic nitrogens is 3. The zero-order chi connectivity index (χ0) is 20.5. The number of aliphatic hydroxyl groups is 1. The number of nitrogens with one attached hydrogen (secondary N) is 1. The highest BCUT2D eigenvalue weighted by molar-refractivity contribution is 6.09. The van der Waals surface area contributed by atoms with Gasteiger partial charge in [0.05, 0.1) is 42.9 Å². The molecule has 2 saturated heterocycles. The summed E-state index contributed by atoms with van der Waals surface area (Å²) in [7, 11) is 0. The van der Waals surface area contributed by atoms with Gasteiger partial charge in [-0.2, -0.15) is 5.10 Å². The van der Waals surface area contributed by atoms with Crippen molar-refractivity contribution in [3.8, 4) is 5.75 Å². The number of benzene rings is 1. The lowest BCUT2D eigenvalue weighted by Crippen LogP contribution is -2.71. The molecule has 2 fully saturated rings. The molecule has 0 bridgehead atoms. The van der Waals surface area contributed by atoms with Crippen LogP contribution in [-0.4, -0.2) is 63.1 Å². The quantitative estimate of drug-likeness (QED) is 0.671. The van der Waals surface area contributed by atoms with E-state index in [2.05, 4.69) is 20.3 Å². The number of rotatable bonds is 4. The maximum atomic E-state index is 13.1. The number of fused-ring (bicyclic) bond motifs is 3. The summed E-state index contributed by atoms with van der Waals surface area (Å²) in [5.74, 6) is 0.483. The maximum Gasteiger partial charge on any atom is 0.261 e. The summed E-state index contributed by atoms with van der Waals surface area (Å²) in [6, 6.07) is 6.01. The highest BCUT2D eigenvalue weighted by Crippen LogP contribution is 2.45.